The maximum absolute atomic E-state index is 12.2. The maximum atomic E-state index is 12.2. The quantitative estimate of drug-likeness (QED) is 0.210. The molecule has 0 aromatic heterocycles. The van der Waals surface area contributed by atoms with Crippen LogP contribution in [0.3, 0.4) is 0 Å². The fourth-order valence-electron chi connectivity index (χ4n) is 1.48. The molecule has 0 unspecified atom stereocenters. The topological polar surface area (TPSA) is 26.3 Å². The molecule has 2 aromatic rings. The number of carbonyl (C=O) groups excluding carboxylic acids is 1. The average molecular weight is 439 g/mol. The van der Waals surface area contributed by atoms with Gasteiger partial charge in [-0.15, -0.1) is 0 Å². The van der Waals surface area contributed by atoms with E-state index in [1.807, 2.05) is 0 Å². The minimum atomic E-state index is -0.806. The Hall–Kier alpha value is -0.0600. The second kappa shape index (κ2) is 7.23. The predicted octanol–water partition coefficient (Wildman–Crippen LogP) is 7.48. The highest BCUT2D eigenvalue weighted by Crippen LogP contribution is 2.48. The third-order valence-corrected chi connectivity index (χ3v) is 5.31. The number of carbonyl (C=O) groups is 1. The van der Waals surface area contributed by atoms with Crippen molar-refractivity contribution in [2.75, 3.05) is 0 Å². The van der Waals surface area contributed by atoms with Crippen molar-refractivity contribution in [3.8, 4) is 5.75 Å². The summed E-state index contributed by atoms with van der Waals surface area (Å²) in [6.45, 7) is 0. The summed E-state index contributed by atoms with van der Waals surface area (Å²) >= 11 is 41.3. The van der Waals surface area contributed by atoms with Crippen LogP contribution in [0.2, 0.25) is 35.2 Å². The van der Waals surface area contributed by atoms with Crippen molar-refractivity contribution in [3.05, 3.63) is 58.9 Å². The molecule has 0 aliphatic carbocycles. The lowest BCUT2D eigenvalue weighted by Crippen LogP contribution is -2.10. The minimum absolute atomic E-state index is 0.0392. The Morgan fingerprint density at radius 1 is 0.773 bits per heavy atom. The number of hydrogen-bond acceptors (Lipinski definition) is 2. The number of esters is 1. The summed E-state index contributed by atoms with van der Waals surface area (Å²) in [5, 5.41) is -0.00163. The number of rotatable bonds is 2. The molecular weight excluding hydrogens is 436 g/mol. The summed E-state index contributed by atoms with van der Waals surface area (Å²) in [7, 11) is 0. The molecule has 0 saturated carbocycles. The van der Waals surface area contributed by atoms with E-state index < -0.39 is 5.97 Å². The van der Waals surface area contributed by atoms with Crippen molar-refractivity contribution in [1.29, 1.82) is 0 Å². The molecule has 0 saturated heterocycles. The van der Waals surface area contributed by atoms with Crippen LogP contribution in [-0.4, -0.2) is 5.97 Å². The summed E-state index contributed by atoms with van der Waals surface area (Å²) in [5.74, 6) is -1.02. The average Bonchev–Trinajstić information content (AvgIpc) is 2.47. The van der Waals surface area contributed by atoms with Crippen LogP contribution in [0.5, 0.6) is 5.75 Å². The number of hydrogen-bond donors (Lipinski definition) is 0. The summed E-state index contributed by atoms with van der Waals surface area (Å²) in [5.41, 5.74) is 0.0698. The second-order valence-corrected chi connectivity index (χ2v) is 6.65. The van der Waals surface area contributed by atoms with E-state index >= 15 is 0 Å². The van der Waals surface area contributed by atoms with Crippen molar-refractivity contribution in [2.45, 2.75) is 0 Å². The van der Waals surface area contributed by atoms with Gasteiger partial charge in [0.15, 0.2) is 5.75 Å². The predicted molar refractivity (Wildman–Crippen MR) is 92.9 cm³/mol. The molecule has 2 nitrogen and oxygen atoms in total. The van der Waals surface area contributed by atoms with Gasteiger partial charge in [-0.25, -0.2) is 4.79 Å². The van der Waals surface area contributed by atoms with E-state index in [0.717, 1.165) is 0 Å². The highest BCUT2D eigenvalue weighted by atomic mass is 35.5. The highest BCUT2D eigenvalue weighted by molar-refractivity contribution is 6.55. The van der Waals surface area contributed by atoms with Crippen LogP contribution in [0.15, 0.2) is 18.2 Å². The zero-order valence-corrected chi connectivity index (χ0v) is 15.5. The molecule has 2 rings (SSSR count). The van der Waals surface area contributed by atoms with Crippen LogP contribution in [0.25, 0.3) is 0 Å². The largest absolute Gasteiger partial charge is 0.420 e. The fourth-order valence-corrected chi connectivity index (χ4v) is 3.16. The van der Waals surface area contributed by atoms with Gasteiger partial charge < -0.3 is 4.74 Å². The van der Waals surface area contributed by atoms with Gasteiger partial charge in [-0.05, 0) is 18.2 Å². The molecule has 0 spiro atoms. The van der Waals surface area contributed by atoms with Gasteiger partial charge in [0.05, 0.1) is 25.7 Å². The fraction of sp³-hybridized carbons (Fsp3) is 0. The van der Waals surface area contributed by atoms with E-state index in [-0.39, 0.29) is 41.4 Å². The Labute approximate surface area is 160 Å². The summed E-state index contributed by atoms with van der Waals surface area (Å²) in [4.78, 5) is 12.2. The van der Waals surface area contributed by atoms with E-state index in [0.29, 0.717) is 5.02 Å². The Kier molecular flexibility index (Phi) is 6.01. The summed E-state index contributed by atoms with van der Waals surface area (Å²) in [6, 6.07) is 4.27. The Morgan fingerprint density at radius 2 is 1.27 bits per heavy atom. The zero-order valence-electron chi connectivity index (χ0n) is 10.2. The van der Waals surface area contributed by atoms with Crippen LogP contribution in [-0.2, 0) is 0 Å². The van der Waals surface area contributed by atoms with Crippen molar-refractivity contribution >= 4 is 87.2 Å². The van der Waals surface area contributed by atoms with Gasteiger partial charge >= 0.3 is 5.97 Å². The standard InChI is InChI=1S/C13H3Cl7O2/c14-4-1-2-5(6(15)3-4)13(21)22-12-10(19)8(17)7(16)9(18)11(12)20/h1-3H. The van der Waals surface area contributed by atoms with Gasteiger partial charge in [-0.3, -0.25) is 0 Å². The normalized spacial score (nSPS) is 10.7. The second-order valence-electron chi connectivity index (χ2n) is 3.91. The zero-order chi connectivity index (χ0) is 16.6. The van der Waals surface area contributed by atoms with Gasteiger partial charge in [0, 0.05) is 5.02 Å². The number of ether oxygens (including phenoxy) is 1. The van der Waals surface area contributed by atoms with Crippen LogP contribution < -0.4 is 4.74 Å². The van der Waals surface area contributed by atoms with E-state index in [9.17, 15) is 4.79 Å². The molecule has 0 amide bonds. The van der Waals surface area contributed by atoms with Gasteiger partial charge in [0.25, 0.3) is 0 Å². The van der Waals surface area contributed by atoms with Crippen LogP contribution in [0.4, 0.5) is 0 Å². The highest BCUT2D eigenvalue weighted by Gasteiger charge is 2.24. The van der Waals surface area contributed by atoms with Crippen molar-refractivity contribution in [1.82, 2.24) is 0 Å². The van der Waals surface area contributed by atoms with Crippen LogP contribution in [0.1, 0.15) is 10.4 Å². The molecule has 0 N–H and O–H groups in total. The van der Waals surface area contributed by atoms with Crippen molar-refractivity contribution in [2.24, 2.45) is 0 Å². The Balaban J connectivity index is 2.45. The first-order valence-electron chi connectivity index (χ1n) is 5.42. The van der Waals surface area contributed by atoms with Gasteiger partial charge in [-0.2, -0.15) is 0 Å². The molecule has 2 aromatic carbocycles. The van der Waals surface area contributed by atoms with Gasteiger partial charge in [0.1, 0.15) is 10.0 Å². The molecule has 0 atom stereocenters. The molecule has 0 heterocycles. The monoisotopic (exact) mass is 436 g/mol. The number of halogens is 7. The molecule has 0 aliphatic rings. The number of benzene rings is 2. The third kappa shape index (κ3) is 3.54. The molecule has 0 fully saturated rings. The lowest BCUT2D eigenvalue weighted by Gasteiger charge is -2.13. The van der Waals surface area contributed by atoms with E-state index in [1.54, 1.807) is 0 Å². The Morgan fingerprint density at radius 3 is 1.77 bits per heavy atom. The molecule has 0 aliphatic heterocycles. The molecule has 116 valence electrons. The third-order valence-electron chi connectivity index (χ3n) is 2.52. The van der Waals surface area contributed by atoms with Crippen LogP contribution in [0, 0.1) is 0 Å². The molecule has 9 heteroatoms. The first-order valence-corrected chi connectivity index (χ1v) is 8.07. The SMILES string of the molecule is O=C(Oc1c(Cl)c(Cl)c(Cl)c(Cl)c1Cl)c1ccc(Cl)cc1Cl. The first-order chi connectivity index (χ1) is 10.2. The lowest BCUT2D eigenvalue weighted by molar-refractivity contribution is 0.0735. The summed E-state index contributed by atoms with van der Waals surface area (Å²) in [6.07, 6.45) is 0. The maximum Gasteiger partial charge on any atom is 0.345 e. The minimum Gasteiger partial charge on any atom is -0.420 e. The smallest absolute Gasteiger partial charge is 0.345 e. The van der Waals surface area contributed by atoms with E-state index in [2.05, 4.69) is 0 Å². The van der Waals surface area contributed by atoms with Crippen molar-refractivity contribution in [3.63, 3.8) is 0 Å². The van der Waals surface area contributed by atoms with E-state index in [4.69, 9.17) is 85.9 Å². The Bertz CT molecular complexity index is 744. The first kappa shape index (κ1) is 18.3. The molecule has 0 bridgehead atoms. The lowest BCUT2D eigenvalue weighted by atomic mass is 10.2. The van der Waals surface area contributed by atoms with Gasteiger partial charge in [0.2, 0.25) is 0 Å². The molecular formula is C13H3Cl7O2. The summed E-state index contributed by atoms with van der Waals surface area (Å²) < 4.78 is 5.14. The van der Waals surface area contributed by atoms with Crippen molar-refractivity contribution < 1.29 is 9.53 Å². The molecule has 0 radical (unpaired) electrons. The molecule has 22 heavy (non-hydrogen) atoms. The van der Waals surface area contributed by atoms with Crippen LogP contribution >= 0.6 is 81.2 Å². The van der Waals surface area contributed by atoms with Gasteiger partial charge in [-0.1, -0.05) is 81.2 Å². The van der Waals surface area contributed by atoms with E-state index in [1.165, 1.54) is 18.2 Å².